The van der Waals surface area contributed by atoms with Crippen LogP contribution in [0.1, 0.15) is 42.4 Å². The molecular weight excluding hydrogens is 500 g/mol. The minimum Gasteiger partial charge on any atom is -0.356 e. The zero-order valence-electron chi connectivity index (χ0n) is 19.4. The molecule has 2 saturated heterocycles. The molecule has 0 spiro atoms. The van der Waals surface area contributed by atoms with Gasteiger partial charge in [-0.1, -0.05) is 72.7 Å². The Kier molecular flexibility index (Phi) is 6.95. The van der Waals surface area contributed by atoms with E-state index in [0.29, 0.717) is 31.3 Å². The number of thiocarbonyl (C=S) groups is 1. The molecule has 3 aromatic rings. The van der Waals surface area contributed by atoms with Crippen molar-refractivity contribution in [2.24, 2.45) is 0 Å². The topological polar surface area (TPSA) is 57.9 Å². The van der Waals surface area contributed by atoms with Gasteiger partial charge in [-0.3, -0.25) is 18.9 Å². The summed E-state index contributed by atoms with van der Waals surface area (Å²) in [7, 11) is 0. The van der Waals surface area contributed by atoms with Gasteiger partial charge in [-0.15, -0.1) is 0 Å². The van der Waals surface area contributed by atoms with Crippen LogP contribution in [0.25, 0.3) is 11.7 Å². The van der Waals surface area contributed by atoms with Crippen molar-refractivity contribution in [3.05, 3.63) is 79.6 Å². The van der Waals surface area contributed by atoms with Gasteiger partial charge in [0.25, 0.3) is 11.5 Å². The first-order valence-corrected chi connectivity index (χ1v) is 13.3. The van der Waals surface area contributed by atoms with Crippen LogP contribution in [0, 0.1) is 6.92 Å². The van der Waals surface area contributed by atoms with Gasteiger partial charge >= 0.3 is 0 Å². The number of carbonyl (C=O) groups excluding carboxylic acids is 1. The van der Waals surface area contributed by atoms with Gasteiger partial charge in [-0.2, -0.15) is 0 Å². The SMILES string of the molecule is Cc1ccc2nc(N3CCCCCC3)c(C=C3SC(=S)N(Cc4ccccc4Cl)C3=O)c(=O)n2c1. The van der Waals surface area contributed by atoms with Crippen LogP contribution < -0.4 is 10.5 Å². The highest BCUT2D eigenvalue weighted by Gasteiger charge is 2.33. The number of aryl methyl sites for hydroxylation is 1. The third kappa shape index (κ3) is 4.87. The summed E-state index contributed by atoms with van der Waals surface area (Å²) < 4.78 is 2.01. The molecule has 180 valence electrons. The minimum atomic E-state index is -0.226. The predicted molar refractivity (Wildman–Crippen MR) is 147 cm³/mol. The Balaban J connectivity index is 1.58. The molecule has 0 N–H and O–H groups in total. The molecule has 0 aliphatic carbocycles. The van der Waals surface area contributed by atoms with E-state index in [0.717, 1.165) is 49.9 Å². The van der Waals surface area contributed by atoms with E-state index >= 15 is 0 Å². The molecule has 2 aliphatic heterocycles. The fourth-order valence-electron chi connectivity index (χ4n) is 4.46. The van der Waals surface area contributed by atoms with Gasteiger partial charge in [0, 0.05) is 24.3 Å². The number of thioether (sulfide) groups is 1. The van der Waals surface area contributed by atoms with Gasteiger partial charge in [0.2, 0.25) is 0 Å². The van der Waals surface area contributed by atoms with E-state index in [2.05, 4.69) is 4.90 Å². The fourth-order valence-corrected chi connectivity index (χ4v) is 5.89. The molecule has 5 rings (SSSR count). The van der Waals surface area contributed by atoms with E-state index in [4.69, 9.17) is 28.8 Å². The van der Waals surface area contributed by atoms with Crippen molar-refractivity contribution in [1.82, 2.24) is 14.3 Å². The summed E-state index contributed by atoms with van der Waals surface area (Å²) >= 11 is 13.1. The quantitative estimate of drug-likeness (QED) is 0.335. The summed E-state index contributed by atoms with van der Waals surface area (Å²) in [4.78, 5) is 36.1. The van der Waals surface area contributed by atoms with Crippen LogP contribution in [0.5, 0.6) is 0 Å². The van der Waals surface area contributed by atoms with Crippen LogP contribution in [0.15, 0.2) is 52.3 Å². The highest BCUT2D eigenvalue weighted by molar-refractivity contribution is 8.26. The molecular formula is C26H25ClN4O2S2. The first-order valence-electron chi connectivity index (χ1n) is 11.7. The average Bonchev–Trinajstić information content (AvgIpc) is 3.02. The summed E-state index contributed by atoms with van der Waals surface area (Å²) in [5.74, 6) is 0.410. The van der Waals surface area contributed by atoms with Crippen molar-refractivity contribution in [2.45, 2.75) is 39.2 Å². The van der Waals surface area contributed by atoms with Crippen LogP contribution in [0.4, 0.5) is 5.82 Å². The molecule has 0 atom stereocenters. The highest BCUT2D eigenvalue weighted by Crippen LogP contribution is 2.35. The molecule has 2 fully saturated rings. The van der Waals surface area contributed by atoms with Crippen molar-refractivity contribution >= 4 is 63.3 Å². The lowest BCUT2D eigenvalue weighted by Crippen LogP contribution is -2.30. The van der Waals surface area contributed by atoms with Gasteiger partial charge in [0.15, 0.2) is 0 Å². The van der Waals surface area contributed by atoms with Crippen molar-refractivity contribution in [3.63, 3.8) is 0 Å². The van der Waals surface area contributed by atoms with E-state index in [1.54, 1.807) is 22.7 Å². The minimum absolute atomic E-state index is 0.186. The molecule has 6 nitrogen and oxygen atoms in total. The van der Waals surface area contributed by atoms with Crippen molar-refractivity contribution in [3.8, 4) is 0 Å². The molecule has 0 bridgehead atoms. The maximum atomic E-state index is 13.7. The van der Waals surface area contributed by atoms with E-state index in [-0.39, 0.29) is 18.0 Å². The third-order valence-electron chi connectivity index (χ3n) is 6.33. The zero-order chi connectivity index (χ0) is 24.5. The van der Waals surface area contributed by atoms with Crippen LogP contribution >= 0.6 is 35.6 Å². The number of carbonyl (C=O) groups is 1. The molecule has 0 radical (unpaired) electrons. The number of hydrogen-bond acceptors (Lipinski definition) is 6. The number of fused-ring (bicyclic) bond motifs is 1. The van der Waals surface area contributed by atoms with Crippen LogP contribution in [-0.2, 0) is 11.3 Å². The number of hydrogen-bond donors (Lipinski definition) is 0. The molecule has 1 aromatic carbocycles. The summed E-state index contributed by atoms with van der Waals surface area (Å²) in [6, 6.07) is 11.2. The van der Waals surface area contributed by atoms with Crippen LogP contribution in [0.3, 0.4) is 0 Å². The normalized spacial score (nSPS) is 18.1. The summed E-state index contributed by atoms with van der Waals surface area (Å²) in [5, 5.41) is 0.585. The maximum Gasteiger partial charge on any atom is 0.267 e. The van der Waals surface area contributed by atoms with Gasteiger partial charge in [-0.05, 0) is 49.1 Å². The molecule has 35 heavy (non-hydrogen) atoms. The number of rotatable bonds is 4. The number of pyridine rings is 1. The second kappa shape index (κ2) is 10.1. The van der Waals surface area contributed by atoms with E-state index in [1.807, 2.05) is 37.3 Å². The maximum absolute atomic E-state index is 13.7. The Hall–Kier alpha value is -2.68. The van der Waals surface area contributed by atoms with Gasteiger partial charge in [0.05, 0.1) is 17.0 Å². The molecule has 4 heterocycles. The highest BCUT2D eigenvalue weighted by atomic mass is 35.5. The zero-order valence-corrected chi connectivity index (χ0v) is 21.8. The van der Waals surface area contributed by atoms with E-state index < -0.39 is 0 Å². The fraction of sp³-hybridized carbons (Fsp3) is 0.308. The lowest BCUT2D eigenvalue weighted by Gasteiger charge is -2.23. The summed E-state index contributed by atoms with van der Waals surface area (Å²) in [6.45, 7) is 3.90. The monoisotopic (exact) mass is 524 g/mol. The smallest absolute Gasteiger partial charge is 0.267 e. The Bertz CT molecular complexity index is 1410. The molecule has 2 aromatic heterocycles. The number of amides is 1. The Morgan fingerprint density at radius 3 is 2.57 bits per heavy atom. The molecule has 1 amide bonds. The average molecular weight is 525 g/mol. The number of nitrogens with zero attached hydrogens (tertiary/aromatic N) is 4. The molecule has 9 heteroatoms. The molecule has 0 saturated carbocycles. The Morgan fingerprint density at radius 2 is 1.83 bits per heavy atom. The van der Waals surface area contributed by atoms with Crippen LogP contribution in [0.2, 0.25) is 5.02 Å². The lowest BCUT2D eigenvalue weighted by molar-refractivity contribution is -0.122. The molecule has 0 unspecified atom stereocenters. The summed E-state index contributed by atoms with van der Waals surface area (Å²) in [5.41, 5.74) is 2.62. The first kappa shape index (κ1) is 24.0. The first-order chi connectivity index (χ1) is 16.9. The standard InChI is InChI=1S/C26H25ClN4O2S2/c1-17-10-11-22-28-23(29-12-6-2-3-7-13-29)19(24(32)30(22)15-17)14-21-25(33)31(26(34)35-21)16-18-8-4-5-9-20(18)27/h4-5,8-11,14-15H,2-3,6-7,12-13,16H2,1H3. The van der Waals surface area contributed by atoms with Gasteiger partial charge in [0.1, 0.15) is 15.8 Å². The summed E-state index contributed by atoms with van der Waals surface area (Å²) in [6.07, 6.45) is 7.90. The second-order valence-electron chi connectivity index (χ2n) is 8.85. The third-order valence-corrected chi connectivity index (χ3v) is 8.07. The number of benzene rings is 1. The number of anilines is 1. The van der Waals surface area contributed by atoms with Crippen molar-refractivity contribution in [1.29, 1.82) is 0 Å². The second-order valence-corrected chi connectivity index (χ2v) is 10.9. The van der Waals surface area contributed by atoms with Gasteiger partial charge in [-0.25, -0.2) is 4.98 Å². The van der Waals surface area contributed by atoms with Crippen molar-refractivity contribution in [2.75, 3.05) is 18.0 Å². The Labute approximate surface area is 218 Å². The van der Waals surface area contributed by atoms with Crippen molar-refractivity contribution < 1.29 is 4.79 Å². The Morgan fingerprint density at radius 1 is 1.09 bits per heavy atom. The number of halogens is 1. The van der Waals surface area contributed by atoms with Gasteiger partial charge < -0.3 is 4.90 Å². The van der Waals surface area contributed by atoms with E-state index in [9.17, 15) is 9.59 Å². The predicted octanol–water partition coefficient (Wildman–Crippen LogP) is 5.44. The molecule has 2 aliphatic rings. The van der Waals surface area contributed by atoms with Crippen LogP contribution in [-0.4, -0.2) is 37.6 Å². The van der Waals surface area contributed by atoms with E-state index in [1.165, 1.54) is 16.7 Å². The largest absolute Gasteiger partial charge is 0.356 e. The number of aromatic nitrogens is 2. The lowest BCUT2D eigenvalue weighted by atomic mass is 10.2.